The minimum Gasteiger partial charge on any atom is -0.351 e. The molecule has 0 spiro atoms. The van der Waals surface area contributed by atoms with Crippen LogP contribution in [0.15, 0.2) is 18.2 Å². The summed E-state index contributed by atoms with van der Waals surface area (Å²) in [5, 5.41) is 3.21. The van der Waals surface area contributed by atoms with Gasteiger partial charge in [0.1, 0.15) is 0 Å². The van der Waals surface area contributed by atoms with Crippen LogP contribution in [0.5, 0.6) is 0 Å². The molecule has 1 aliphatic carbocycles. The van der Waals surface area contributed by atoms with E-state index in [0.29, 0.717) is 11.3 Å². The number of rotatable bonds is 5. The van der Waals surface area contributed by atoms with Crippen LogP contribution < -0.4 is 5.32 Å². The van der Waals surface area contributed by atoms with Crippen LogP contribution >= 0.6 is 22.6 Å². The zero-order valence-corrected chi connectivity index (χ0v) is 15.5. The first kappa shape index (κ1) is 16.8. The molecule has 0 atom stereocenters. The number of aryl methyl sites for hydroxylation is 1. The summed E-state index contributed by atoms with van der Waals surface area (Å²) in [4.78, 5) is 12.5. The number of carbonyl (C=O) groups is 1. The number of carbonyl (C=O) groups excluding carboxylic acids is 1. The van der Waals surface area contributed by atoms with Crippen LogP contribution in [0, 0.1) is 21.8 Å². The van der Waals surface area contributed by atoms with Gasteiger partial charge in [0.05, 0.1) is 5.56 Å². The fourth-order valence-corrected chi connectivity index (χ4v) is 4.23. The van der Waals surface area contributed by atoms with Crippen molar-refractivity contribution in [3.05, 3.63) is 32.9 Å². The predicted octanol–water partition coefficient (Wildman–Crippen LogP) is 4.94. The van der Waals surface area contributed by atoms with E-state index < -0.39 is 0 Å². The van der Waals surface area contributed by atoms with Crippen LogP contribution in [-0.2, 0) is 0 Å². The number of benzene rings is 1. The third-order valence-corrected chi connectivity index (χ3v) is 6.00. The highest BCUT2D eigenvalue weighted by atomic mass is 127. The van der Waals surface area contributed by atoms with Crippen molar-refractivity contribution in [2.45, 2.75) is 52.9 Å². The number of hydrogen-bond acceptors (Lipinski definition) is 1. The van der Waals surface area contributed by atoms with Crippen molar-refractivity contribution >= 4 is 28.5 Å². The Morgan fingerprint density at radius 3 is 2.62 bits per heavy atom. The van der Waals surface area contributed by atoms with E-state index in [0.717, 1.165) is 15.7 Å². The molecule has 1 aromatic rings. The van der Waals surface area contributed by atoms with Crippen LogP contribution in [0.25, 0.3) is 0 Å². The lowest BCUT2D eigenvalue weighted by molar-refractivity contribution is 0.0921. The lowest BCUT2D eigenvalue weighted by atomic mass is 9.78. The van der Waals surface area contributed by atoms with Crippen molar-refractivity contribution in [1.82, 2.24) is 5.32 Å². The molecule has 1 N–H and O–H groups in total. The molecule has 2 rings (SSSR count). The maximum atomic E-state index is 12.5. The van der Waals surface area contributed by atoms with Gasteiger partial charge in [0, 0.05) is 10.1 Å². The predicted molar refractivity (Wildman–Crippen MR) is 96.6 cm³/mol. The van der Waals surface area contributed by atoms with E-state index in [2.05, 4.69) is 54.7 Å². The Hall–Kier alpha value is -0.580. The number of hydrogen-bond donors (Lipinski definition) is 1. The first-order valence-electron chi connectivity index (χ1n) is 7.97. The summed E-state index contributed by atoms with van der Waals surface area (Å²) < 4.78 is 1.07. The largest absolute Gasteiger partial charge is 0.351 e. The highest BCUT2D eigenvalue weighted by molar-refractivity contribution is 14.1. The second-order valence-corrected chi connectivity index (χ2v) is 8.00. The highest BCUT2D eigenvalue weighted by Crippen LogP contribution is 2.42. The first-order chi connectivity index (χ1) is 9.93. The average molecular weight is 399 g/mol. The summed E-state index contributed by atoms with van der Waals surface area (Å²) in [5.74, 6) is 0.775. The molecule has 0 unspecified atom stereocenters. The molecule has 0 bridgehead atoms. The molecule has 2 nitrogen and oxygen atoms in total. The number of amides is 1. The van der Waals surface area contributed by atoms with Crippen molar-refractivity contribution in [3.63, 3.8) is 0 Å². The van der Waals surface area contributed by atoms with Gasteiger partial charge in [0.25, 0.3) is 5.91 Å². The molecule has 0 aliphatic heterocycles. The van der Waals surface area contributed by atoms with Crippen molar-refractivity contribution in [1.29, 1.82) is 0 Å². The van der Waals surface area contributed by atoms with Crippen molar-refractivity contribution in [3.8, 4) is 0 Å². The van der Waals surface area contributed by atoms with Gasteiger partial charge >= 0.3 is 0 Å². The highest BCUT2D eigenvalue weighted by Gasteiger charge is 2.34. The minimum absolute atomic E-state index is 0.0816. The quantitative estimate of drug-likeness (QED) is 0.699. The van der Waals surface area contributed by atoms with E-state index in [1.54, 1.807) is 0 Å². The molecule has 1 saturated carbocycles. The Morgan fingerprint density at radius 1 is 1.33 bits per heavy atom. The summed E-state index contributed by atoms with van der Waals surface area (Å²) in [7, 11) is 0. The average Bonchev–Trinajstić information content (AvgIpc) is 2.87. The zero-order chi connectivity index (χ0) is 15.5. The summed E-state index contributed by atoms with van der Waals surface area (Å²) in [6, 6.07) is 5.94. The smallest absolute Gasteiger partial charge is 0.252 e. The van der Waals surface area contributed by atoms with Crippen LogP contribution in [0.2, 0.25) is 0 Å². The Balaban J connectivity index is 2.04. The van der Waals surface area contributed by atoms with Crippen LogP contribution in [0.3, 0.4) is 0 Å². The van der Waals surface area contributed by atoms with Gasteiger partial charge in [-0.2, -0.15) is 0 Å². The van der Waals surface area contributed by atoms with E-state index in [4.69, 9.17) is 0 Å². The van der Waals surface area contributed by atoms with Crippen LogP contribution in [-0.4, -0.2) is 12.5 Å². The van der Waals surface area contributed by atoms with E-state index in [1.165, 1.54) is 37.7 Å². The van der Waals surface area contributed by atoms with Gasteiger partial charge in [-0.1, -0.05) is 38.8 Å². The molecule has 0 saturated heterocycles. The normalized spacial score (nSPS) is 17.2. The Morgan fingerprint density at radius 2 is 2.00 bits per heavy atom. The molecule has 1 amide bonds. The second-order valence-electron chi connectivity index (χ2n) is 6.92. The summed E-state index contributed by atoms with van der Waals surface area (Å²) in [6.45, 7) is 7.45. The zero-order valence-electron chi connectivity index (χ0n) is 13.3. The maximum absolute atomic E-state index is 12.5. The standard InChI is InChI=1S/C18H26INO/c1-13(2)11-18(9-4-5-10-18)12-20-17(21)15-8-6-7-14(3)16(15)19/h6-8,13H,4-5,9-12H2,1-3H3,(H,20,21). The van der Waals surface area contributed by atoms with Crippen molar-refractivity contribution in [2.75, 3.05) is 6.54 Å². The third-order valence-electron chi connectivity index (χ3n) is 4.57. The molecule has 0 heterocycles. The van der Waals surface area contributed by atoms with Gasteiger partial charge < -0.3 is 5.32 Å². The maximum Gasteiger partial charge on any atom is 0.252 e. The molecule has 1 aromatic carbocycles. The fraction of sp³-hybridized carbons (Fsp3) is 0.611. The van der Waals surface area contributed by atoms with E-state index in [1.807, 2.05) is 12.1 Å². The molecule has 21 heavy (non-hydrogen) atoms. The van der Waals surface area contributed by atoms with Crippen molar-refractivity contribution < 1.29 is 4.79 Å². The Kier molecular flexibility index (Phi) is 5.69. The molecular formula is C18H26INO. The number of halogens is 1. The SMILES string of the molecule is Cc1cccc(C(=O)NCC2(CC(C)C)CCCC2)c1I. The lowest BCUT2D eigenvalue weighted by Crippen LogP contribution is -2.37. The van der Waals surface area contributed by atoms with Gasteiger partial charge in [-0.05, 0) is 71.7 Å². The second kappa shape index (κ2) is 7.12. The third kappa shape index (κ3) is 4.21. The van der Waals surface area contributed by atoms with E-state index in [-0.39, 0.29) is 5.91 Å². The summed E-state index contributed by atoms with van der Waals surface area (Å²) in [5.41, 5.74) is 2.31. The molecule has 0 aromatic heterocycles. The molecule has 3 heteroatoms. The van der Waals surface area contributed by atoms with Gasteiger partial charge in [-0.25, -0.2) is 0 Å². The van der Waals surface area contributed by atoms with Crippen molar-refractivity contribution in [2.24, 2.45) is 11.3 Å². The minimum atomic E-state index is 0.0816. The van der Waals surface area contributed by atoms with Gasteiger partial charge in [-0.3, -0.25) is 4.79 Å². The molecule has 0 radical (unpaired) electrons. The topological polar surface area (TPSA) is 29.1 Å². The van der Waals surface area contributed by atoms with Crippen LogP contribution in [0.1, 0.15) is 61.9 Å². The van der Waals surface area contributed by atoms with Crippen LogP contribution in [0.4, 0.5) is 0 Å². The van der Waals surface area contributed by atoms with Gasteiger partial charge in [-0.15, -0.1) is 0 Å². The number of nitrogens with one attached hydrogen (secondary N) is 1. The molecule has 116 valence electrons. The Bertz CT molecular complexity index is 504. The molecule has 1 fully saturated rings. The molecule has 1 aliphatic rings. The summed E-state index contributed by atoms with van der Waals surface area (Å²) in [6.07, 6.45) is 6.36. The molecular weight excluding hydrogens is 373 g/mol. The van der Waals surface area contributed by atoms with E-state index >= 15 is 0 Å². The van der Waals surface area contributed by atoms with Gasteiger partial charge in [0.15, 0.2) is 0 Å². The van der Waals surface area contributed by atoms with Gasteiger partial charge in [0.2, 0.25) is 0 Å². The monoisotopic (exact) mass is 399 g/mol. The van der Waals surface area contributed by atoms with E-state index in [9.17, 15) is 4.79 Å². The lowest BCUT2D eigenvalue weighted by Gasteiger charge is -2.31. The summed E-state index contributed by atoms with van der Waals surface area (Å²) >= 11 is 2.27. The fourth-order valence-electron chi connectivity index (χ4n) is 3.63. The first-order valence-corrected chi connectivity index (χ1v) is 9.05. The Labute approximate surface area is 142 Å².